The van der Waals surface area contributed by atoms with Crippen LogP contribution in [-0.2, 0) is 12.8 Å². The molecule has 0 aromatic carbocycles. The summed E-state index contributed by atoms with van der Waals surface area (Å²) in [5, 5.41) is 4.61. The molecule has 0 fully saturated rings. The Kier molecular flexibility index (Phi) is 2.48. The number of hydrogen-bond donors (Lipinski definition) is 1. The van der Waals surface area contributed by atoms with E-state index in [1.54, 1.807) is 0 Å². The maximum absolute atomic E-state index is 6.10. The molecule has 1 heterocycles. The highest BCUT2D eigenvalue weighted by molar-refractivity contribution is 5.45. The van der Waals surface area contributed by atoms with Crippen molar-refractivity contribution in [3.05, 3.63) is 11.3 Å². The lowest BCUT2D eigenvalue weighted by Crippen LogP contribution is -2.09. The zero-order valence-electron chi connectivity index (χ0n) is 9.08. The predicted molar refractivity (Wildman–Crippen MR) is 58.3 cm³/mol. The van der Waals surface area contributed by atoms with Crippen LogP contribution >= 0.6 is 0 Å². The highest BCUT2D eigenvalue weighted by atomic mass is 15.3. The van der Waals surface area contributed by atoms with E-state index in [1.807, 2.05) is 4.68 Å². The summed E-state index contributed by atoms with van der Waals surface area (Å²) in [6.45, 7) is 4.35. The van der Waals surface area contributed by atoms with Crippen LogP contribution in [0.15, 0.2) is 0 Å². The predicted octanol–water partition coefficient (Wildman–Crippen LogP) is 2.32. The lowest BCUT2D eigenvalue weighted by atomic mass is 9.98. The van der Waals surface area contributed by atoms with E-state index in [1.165, 1.54) is 24.1 Å². The summed E-state index contributed by atoms with van der Waals surface area (Å²) >= 11 is 0. The Morgan fingerprint density at radius 3 is 2.79 bits per heavy atom. The van der Waals surface area contributed by atoms with Gasteiger partial charge in [-0.05, 0) is 39.0 Å². The van der Waals surface area contributed by atoms with E-state index in [2.05, 4.69) is 18.9 Å². The van der Waals surface area contributed by atoms with E-state index >= 15 is 0 Å². The van der Waals surface area contributed by atoms with Crippen LogP contribution in [0.2, 0.25) is 0 Å². The molecule has 1 aromatic rings. The zero-order chi connectivity index (χ0) is 10.1. The van der Waals surface area contributed by atoms with Crippen molar-refractivity contribution in [2.45, 2.75) is 52.0 Å². The summed E-state index contributed by atoms with van der Waals surface area (Å²) in [7, 11) is 0. The molecule has 3 nitrogen and oxygen atoms in total. The van der Waals surface area contributed by atoms with Gasteiger partial charge in [0.2, 0.25) is 0 Å². The van der Waals surface area contributed by atoms with Gasteiger partial charge in [-0.15, -0.1) is 0 Å². The van der Waals surface area contributed by atoms with Gasteiger partial charge in [-0.25, -0.2) is 4.68 Å². The molecule has 3 heteroatoms. The second-order valence-electron chi connectivity index (χ2n) is 4.22. The van der Waals surface area contributed by atoms with Crippen molar-refractivity contribution < 1.29 is 0 Å². The van der Waals surface area contributed by atoms with Crippen molar-refractivity contribution in [2.24, 2.45) is 0 Å². The lowest BCUT2D eigenvalue weighted by Gasteiger charge is -2.11. The standard InChI is InChI=1S/C11H19N3/c1-3-8(2)14-11(12)9-6-4-5-7-10(9)13-14/h8H,3-7,12H2,1-2H3. The Bertz CT molecular complexity index is 328. The van der Waals surface area contributed by atoms with Gasteiger partial charge in [0.15, 0.2) is 0 Å². The average molecular weight is 193 g/mol. The molecule has 0 bridgehead atoms. The van der Waals surface area contributed by atoms with E-state index < -0.39 is 0 Å². The van der Waals surface area contributed by atoms with Crippen LogP contribution in [0.5, 0.6) is 0 Å². The number of hydrogen-bond acceptors (Lipinski definition) is 2. The van der Waals surface area contributed by atoms with Crippen LogP contribution in [-0.4, -0.2) is 9.78 Å². The summed E-state index contributed by atoms with van der Waals surface area (Å²) in [6.07, 6.45) is 5.86. The molecule has 0 saturated carbocycles. The van der Waals surface area contributed by atoms with Crippen molar-refractivity contribution >= 4 is 5.82 Å². The number of aryl methyl sites for hydroxylation is 1. The highest BCUT2D eigenvalue weighted by Gasteiger charge is 2.20. The fraction of sp³-hybridized carbons (Fsp3) is 0.727. The molecule has 1 unspecified atom stereocenters. The Morgan fingerprint density at radius 1 is 1.43 bits per heavy atom. The van der Waals surface area contributed by atoms with E-state index in [4.69, 9.17) is 5.73 Å². The molecule has 1 aliphatic rings. The smallest absolute Gasteiger partial charge is 0.125 e. The van der Waals surface area contributed by atoms with Gasteiger partial charge in [0.25, 0.3) is 0 Å². The summed E-state index contributed by atoms with van der Waals surface area (Å²) in [5.74, 6) is 0.911. The molecule has 1 atom stereocenters. The van der Waals surface area contributed by atoms with Gasteiger partial charge in [0.1, 0.15) is 5.82 Å². The Hall–Kier alpha value is -0.990. The third-order valence-corrected chi connectivity index (χ3v) is 3.23. The molecular formula is C11H19N3. The van der Waals surface area contributed by atoms with Gasteiger partial charge in [-0.2, -0.15) is 5.10 Å². The van der Waals surface area contributed by atoms with E-state index in [0.717, 1.165) is 25.1 Å². The molecule has 1 aliphatic carbocycles. The first-order valence-corrected chi connectivity index (χ1v) is 5.59. The van der Waals surface area contributed by atoms with Crippen molar-refractivity contribution in [3.63, 3.8) is 0 Å². The minimum atomic E-state index is 0.431. The normalized spacial score (nSPS) is 17.9. The molecule has 0 amide bonds. The van der Waals surface area contributed by atoms with Gasteiger partial charge in [-0.3, -0.25) is 0 Å². The van der Waals surface area contributed by atoms with Crippen LogP contribution in [0.4, 0.5) is 5.82 Å². The minimum absolute atomic E-state index is 0.431. The fourth-order valence-corrected chi connectivity index (χ4v) is 2.11. The Balaban J connectivity index is 2.38. The van der Waals surface area contributed by atoms with Gasteiger partial charge >= 0.3 is 0 Å². The van der Waals surface area contributed by atoms with Gasteiger partial charge in [-0.1, -0.05) is 6.92 Å². The molecule has 2 rings (SSSR count). The largest absolute Gasteiger partial charge is 0.384 e. The first-order valence-electron chi connectivity index (χ1n) is 5.59. The number of rotatable bonds is 2. The fourth-order valence-electron chi connectivity index (χ4n) is 2.11. The number of nitrogen functional groups attached to an aromatic ring is 1. The number of nitrogens with zero attached hydrogens (tertiary/aromatic N) is 2. The van der Waals surface area contributed by atoms with Crippen molar-refractivity contribution in [1.29, 1.82) is 0 Å². The zero-order valence-corrected chi connectivity index (χ0v) is 9.08. The van der Waals surface area contributed by atoms with Crippen LogP contribution in [0.1, 0.15) is 50.4 Å². The van der Waals surface area contributed by atoms with E-state index in [9.17, 15) is 0 Å². The Labute approximate surface area is 85.3 Å². The number of anilines is 1. The van der Waals surface area contributed by atoms with E-state index in [-0.39, 0.29) is 0 Å². The molecule has 0 spiro atoms. The summed E-state index contributed by atoms with van der Waals surface area (Å²) < 4.78 is 2.01. The van der Waals surface area contributed by atoms with Crippen molar-refractivity contribution in [2.75, 3.05) is 5.73 Å². The number of nitrogens with two attached hydrogens (primary N) is 1. The molecule has 1 aromatic heterocycles. The third-order valence-electron chi connectivity index (χ3n) is 3.23. The van der Waals surface area contributed by atoms with Gasteiger partial charge in [0, 0.05) is 5.56 Å². The maximum Gasteiger partial charge on any atom is 0.125 e. The molecule has 78 valence electrons. The first-order chi connectivity index (χ1) is 6.74. The van der Waals surface area contributed by atoms with Gasteiger partial charge < -0.3 is 5.73 Å². The first kappa shape index (κ1) is 9.56. The Morgan fingerprint density at radius 2 is 2.14 bits per heavy atom. The van der Waals surface area contributed by atoms with Crippen LogP contribution in [0.3, 0.4) is 0 Å². The van der Waals surface area contributed by atoms with E-state index in [0.29, 0.717) is 6.04 Å². The van der Waals surface area contributed by atoms with Gasteiger partial charge in [0.05, 0.1) is 11.7 Å². The molecule has 2 N–H and O–H groups in total. The van der Waals surface area contributed by atoms with Crippen LogP contribution < -0.4 is 5.73 Å². The highest BCUT2D eigenvalue weighted by Crippen LogP contribution is 2.28. The van der Waals surface area contributed by atoms with Crippen LogP contribution in [0, 0.1) is 0 Å². The SMILES string of the molecule is CCC(C)n1nc2c(c1N)CCCC2. The molecule has 0 aliphatic heterocycles. The van der Waals surface area contributed by atoms with Crippen LogP contribution in [0.25, 0.3) is 0 Å². The second kappa shape index (κ2) is 3.64. The third kappa shape index (κ3) is 1.41. The monoisotopic (exact) mass is 193 g/mol. The molecule has 0 saturated heterocycles. The second-order valence-corrected chi connectivity index (χ2v) is 4.22. The van der Waals surface area contributed by atoms with Crippen molar-refractivity contribution in [1.82, 2.24) is 9.78 Å². The number of aromatic nitrogens is 2. The molecular weight excluding hydrogens is 174 g/mol. The number of fused-ring (bicyclic) bond motifs is 1. The summed E-state index contributed by atoms with van der Waals surface area (Å²) in [4.78, 5) is 0. The lowest BCUT2D eigenvalue weighted by molar-refractivity contribution is 0.480. The average Bonchev–Trinajstić information content (AvgIpc) is 2.56. The van der Waals surface area contributed by atoms with Crippen molar-refractivity contribution in [3.8, 4) is 0 Å². The summed E-state index contributed by atoms with van der Waals surface area (Å²) in [5.41, 5.74) is 8.66. The molecule has 0 radical (unpaired) electrons. The topological polar surface area (TPSA) is 43.8 Å². The maximum atomic E-state index is 6.10. The quantitative estimate of drug-likeness (QED) is 0.783. The molecule has 14 heavy (non-hydrogen) atoms. The summed E-state index contributed by atoms with van der Waals surface area (Å²) in [6, 6.07) is 0.431. The minimum Gasteiger partial charge on any atom is -0.384 e.